The van der Waals surface area contributed by atoms with Gasteiger partial charge in [-0.25, -0.2) is 0 Å². The second kappa shape index (κ2) is 4.92. The number of carbonyl (C=O) groups is 2. The quantitative estimate of drug-likeness (QED) is 0.522. The zero-order valence-electron chi connectivity index (χ0n) is 11.1. The molecular formula is C16H9NO5. The number of carbonyl (C=O) groups excluding carboxylic acids is 2. The van der Waals surface area contributed by atoms with Crippen LogP contribution in [-0.2, 0) is 4.79 Å². The van der Waals surface area contributed by atoms with Gasteiger partial charge in [0.2, 0.25) is 11.6 Å². The standard InChI is InChI=1S/C16H9NO5/c18-14-11-3-1-2-4-12(11)15(19)16(20)13(14)9-5-7-10(8-6-9)17(21)22/h1-8,18H. The summed E-state index contributed by atoms with van der Waals surface area (Å²) in [5.74, 6) is -1.83. The Morgan fingerprint density at radius 3 is 2.05 bits per heavy atom. The highest BCUT2D eigenvalue weighted by Crippen LogP contribution is 2.33. The minimum Gasteiger partial charge on any atom is -0.506 e. The number of nitrogens with zero attached hydrogens (tertiary/aromatic N) is 1. The molecule has 1 aliphatic rings. The lowest BCUT2D eigenvalue weighted by molar-refractivity contribution is -0.384. The molecule has 0 spiro atoms. The molecule has 3 rings (SSSR count). The van der Waals surface area contributed by atoms with Gasteiger partial charge in [0, 0.05) is 23.3 Å². The summed E-state index contributed by atoms with van der Waals surface area (Å²) in [5.41, 5.74) is 0.407. The van der Waals surface area contributed by atoms with Gasteiger partial charge in [0.15, 0.2) is 0 Å². The topological polar surface area (TPSA) is 97.5 Å². The average Bonchev–Trinajstić information content (AvgIpc) is 2.53. The molecule has 0 unspecified atom stereocenters. The Labute approximate surface area is 124 Å². The van der Waals surface area contributed by atoms with Crippen molar-refractivity contribution in [1.29, 1.82) is 0 Å². The number of benzene rings is 2. The van der Waals surface area contributed by atoms with E-state index in [1.165, 1.54) is 30.3 Å². The third-order valence-corrected chi connectivity index (χ3v) is 3.46. The average molecular weight is 295 g/mol. The van der Waals surface area contributed by atoms with Crippen molar-refractivity contribution in [2.24, 2.45) is 0 Å². The highest BCUT2D eigenvalue weighted by molar-refractivity contribution is 6.62. The summed E-state index contributed by atoms with van der Waals surface area (Å²) in [6.07, 6.45) is 0. The number of Topliss-reactive ketones (excluding diaryl/α,β-unsaturated/α-hetero) is 2. The minimum atomic E-state index is -0.829. The molecule has 0 atom stereocenters. The Balaban J connectivity index is 2.19. The molecular weight excluding hydrogens is 286 g/mol. The highest BCUT2D eigenvalue weighted by Gasteiger charge is 2.33. The minimum absolute atomic E-state index is 0.140. The predicted octanol–water partition coefficient (Wildman–Crippen LogP) is 2.79. The maximum atomic E-state index is 12.2. The largest absolute Gasteiger partial charge is 0.506 e. The van der Waals surface area contributed by atoms with Crippen LogP contribution in [0.4, 0.5) is 5.69 Å². The van der Waals surface area contributed by atoms with Crippen molar-refractivity contribution in [1.82, 2.24) is 0 Å². The number of nitro groups is 1. The van der Waals surface area contributed by atoms with Crippen LogP contribution in [0.1, 0.15) is 21.5 Å². The number of fused-ring (bicyclic) bond motifs is 1. The number of rotatable bonds is 2. The van der Waals surface area contributed by atoms with Gasteiger partial charge in [-0.2, -0.15) is 0 Å². The second-order valence-electron chi connectivity index (χ2n) is 4.73. The molecule has 0 amide bonds. The Morgan fingerprint density at radius 1 is 0.864 bits per heavy atom. The molecule has 0 saturated heterocycles. The first-order chi connectivity index (χ1) is 10.5. The van der Waals surface area contributed by atoms with E-state index in [1.54, 1.807) is 18.2 Å². The molecule has 0 saturated carbocycles. The van der Waals surface area contributed by atoms with E-state index in [4.69, 9.17) is 0 Å². The lowest BCUT2D eigenvalue weighted by Gasteiger charge is -2.17. The van der Waals surface area contributed by atoms with Crippen LogP contribution in [0.15, 0.2) is 48.5 Å². The smallest absolute Gasteiger partial charge is 0.269 e. The fraction of sp³-hybridized carbons (Fsp3) is 0. The summed E-state index contributed by atoms with van der Waals surface area (Å²) in [6, 6.07) is 11.4. The normalized spacial score (nSPS) is 14.0. The summed E-state index contributed by atoms with van der Waals surface area (Å²) < 4.78 is 0. The first-order valence-corrected chi connectivity index (χ1v) is 6.37. The van der Waals surface area contributed by atoms with Gasteiger partial charge >= 0.3 is 0 Å². The molecule has 1 aliphatic carbocycles. The van der Waals surface area contributed by atoms with Crippen molar-refractivity contribution in [3.05, 3.63) is 75.3 Å². The first-order valence-electron chi connectivity index (χ1n) is 6.37. The fourth-order valence-electron chi connectivity index (χ4n) is 2.38. The molecule has 1 N–H and O–H groups in total. The summed E-state index contributed by atoms with van der Waals surface area (Å²) >= 11 is 0. The highest BCUT2D eigenvalue weighted by atomic mass is 16.6. The summed E-state index contributed by atoms with van der Waals surface area (Å²) in [5, 5.41) is 21.0. The van der Waals surface area contributed by atoms with Crippen LogP contribution in [0, 0.1) is 10.1 Å². The number of non-ortho nitro benzene ring substituents is 1. The first kappa shape index (κ1) is 13.7. The van der Waals surface area contributed by atoms with E-state index in [9.17, 15) is 24.8 Å². The van der Waals surface area contributed by atoms with E-state index in [0.29, 0.717) is 0 Å². The van der Waals surface area contributed by atoms with Crippen LogP contribution < -0.4 is 0 Å². The zero-order chi connectivity index (χ0) is 15.9. The molecule has 0 aliphatic heterocycles. The van der Waals surface area contributed by atoms with Gasteiger partial charge in [0.1, 0.15) is 5.76 Å². The third-order valence-electron chi connectivity index (χ3n) is 3.46. The van der Waals surface area contributed by atoms with Crippen molar-refractivity contribution in [3.8, 4) is 0 Å². The van der Waals surface area contributed by atoms with Gasteiger partial charge in [-0.15, -0.1) is 0 Å². The molecule has 6 nitrogen and oxygen atoms in total. The monoisotopic (exact) mass is 295 g/mol. The van der Waals surface area contributed by atoms with Crippen molar-refractivity contribution in [2.45, 2.75) is 0 Å². The molecule has 0 radical (unpaired) electrons. The van der Waals surface area contributed by atoms with Gasteiger partial charge in [0.05, 0.1) is 10.5 Å². The number of hydrogen-bond acceptors (Lipinski definition) is 5. The maximum absolute atomic E-state index is 12.2. The molecule has 0 aromatic heterocycles. The predicted molar refractivity (Wildman–Crippen MR) is 78.3 cm³/mol. The molecule has 108 valence electrons. The van der Waals surface area contributed by atoms with E-state index in [1.807, 2.05) is 0 Å². The van der Waals surface area contributed by atoms with E-state index in [-0.39, 0.29) is 33.7 Å². The number of aliphatic hydroxyl groups is 1. The van der Waals surface area contributed by atoms with Crippen LogP contribution in [0.3, 0.4) is 0 Å². The number of ketones is 2. The molecule has 0 heterocycles. The van der Waals surface area contributed by atoms with Crippen molar-refractivity contribution in [2.75, 3.05) is 0 Å². The van der Waals surface area contributed by atoms with E-state index < -0.39 is 16.5 Å². The summed E-state index contributed by atoms with van der Waals surface area (Å²) in [7, 11) is 0. The van der Waals surface area contributed by atoms with Crippen LogP contribution in [0.5, 0.6) is 0 Å². The molecule has 0 fully saturated rings. The van der Waals surface area contributed by atoms with Gasteiger partial charge < -0.3 is 5.11 Å². The van der Waals surface area contributed by atoms with E-state index in [0.717, 1.165) is 0 Å². The van der Waals surface area contributed by atoms with Gasteiger partial charge in [0.25, 0.3) is 5.69 Å². The third kappa shape index (κ3) is 1.98. The maximum Gasteiger partial charge on any atom is 0.269 e. The Morgan fingerprint density at radius 2 is 1.45 bits per heavy atom. The Hall–Kier alpha value is -3.28. The number of hydrogen-bond donors (Lipinski definition) is 1. The van der Waals surface area contributed by atoms with E-state index >= 15 is 0 Å². The van der Waals surface area contributed by atoms with Gasteiger partial charge in [-0.1, -0.05) is 24.3 Å². The number of aliphatic hydroxyl groups excluding tert-OH is 1. The molecule has 22 heavy (non-hydrogen) atoms. The van der Waals surface area contributed by atoms with Crippen molar-refractivity contribution in [3.63, 3.8) is 0 Å². The lowest BCUT2D eigenvalue weighted by atomic mass is 9.85. The van der Waals surface area contributed by atoms with Crippen LogP contribution >= 0.6 is 0 Å². The molecule has 6 heteroatoms. The Bertz CT molecular complexity index is 849. The van der Waals surface area contributed by atoms with Crippen LogP contribution in [-0.4, -0.2) is 21.6 Å². The van der Waals surface area contributed by atoms with Crippen molar-refractivity contribution >= 4 is 28.6 Å². The Kier molecular flexibility index (Phi) is 3.06. The zero-order valence-corrected chi connectivity index (χ0v) is 11.1. The second-order valence-corrected chi connectivity index (χ2v) is 4.73. The van der Waals surface area contributed by atoms with Crippen molar-refractivity contribution < 1.29 is 19.6 Å². The van der Waals surface area contributed by atoms with Gasteiger partial charge in [-0.3, -0.25) is 19.7 Å². The fourth-order valence-corrected chi connectivity index (χ4v) is 2.38. The van der Waals surface area contributed by atoms with Gasteiger partial charge in [-0.05, 0) is 17.7 Å². The lowest BCUT2D eigenvalue weighted by Crippen LogP contribution is -2.23. The molecule has 0 bridgehead atoms. The number of allylic oxidation sites excluding steroid dienone is 1. The molecule has 2 aromatic carbocycles. The summed E-state index contributed by atoms with van der Waals surface area (Å²) in [4.78, 5) is 34.4. The molecule has 2 aromatic rings. The van der Waals surface area contributed by atoms with Crippen LogP contribution in [0.25, 0.3) is 11.3 Å². The summed E-state index contributed by atoms with van der Waals surface area (Å²) in [6.45, 7) is 0. The van der Waals surface area contributed by atoms with Crippen LogP contribution in [0.2, 0.25) is 0 Å². The SMILES string of the molecule is O=C1C(=O)c2ccccc2C(O)=C1c1ccc([N+](=O)[O-])cc1. The van der Waals surface area contributed by atoms with E-state index in [2.05, 4.69) is 0 Å². The number of nitro benzene ring substituents is 1.